The van der Waals surface area contributed by atoms with E-state index in [0.717, 1.165) is 47.4 Å². The number of fused-ring (bicyclic) bond motifs is 1. The van der Waals surface area contributed by atoms with Crippen molar-refractivity contribution in [1.29, 1.82) is 0 Å². The van der Waals surface area contributed by atoms with Gasteiger partial charge in [0.05, 0.1) is 29.6 Å². The Balaban J connectivity index is 2.14. The van der Waals surface area contributed by atoms with Crippen LogP contribution in [0.25, 0.3) is 11.0 Å². The van der Waals surface area contributed by atoms with Crippen molar-refractivity contribution in [2.45, 2.75) is 24.8 Å². The number of nitrogens with zero attached hydrogens (tertiary/aromatic N) is 2. The fraction of sp³-hybridized carbons (Fsp3) is 0.462. The van der Waals surface area contributed by atoms with Gasteiger partial charge in [-0.05, 0) is 31.0 Å². The number of ether oxygens (including phenoxy) is 1. The molecule has 1 aromatic carbocycles. The molecule has 0 aliphatic carbocycles. The van der Waals surface area contributed by atoms with Crippen molar-refractivity contribution < 1.29 is 4.74 Å². The molecule has 1 fully saturated rings. The van der Waals surface area contributed by atoms with E-state index in [1.165, 1.54) is 0 Å². The average Bonchev–Trinajstić information content (AvgIpc) is 2.77. The van der Waals surface area contributed by atoms with Crippen LogP contribution >= 0.6 is 27.5 Å². The summed E-state index contributed by atoms with van der Waals surface area (Å²) in [5.74, 6) is 1.36. The van der Waals surface area contributed by atoms with Gasteiger partial charge in [0.25, 0.3) is 0 Å². The Morgan fingerprint density at radius 3 is 3.11 bits per heavy atom. The van der Waals surface area contributed by atoms with Crippen molar-refractivity contribution in [3.8, 4) is 0 Å². The lowest BCUT2D eigenvalue weighted by Crippen LogP contribution is -2.22. The molecule has 1 aliphatic heterocycles. The highest BCUT2D eigenvalue weighted by atomic mass is 79.9. The summed E-state index contributed by atoms with van der Waals surface area (Å²) in [6, 6.07) is 6.49. The van der Waals surface area contributed by atoms with E-state index in [4.69, 9.17) is 16.3 Å². The number of benzene rings is 1. The van der Waals surface area contributed by atoms with Gasteiger partial charge >= 0.3 is 0 Å². The number of halogens is 2. The van der Waals surface area contributed by atoms with Crippen LogP contribution in [0.3, 0.4) is 0 Å². The third-order valence-corrected chi connectivity index (χ3v) is 4.08. The molecule has 96 valence electrons. The van der Waals surface area contributed by atoms with Crippen molar-refractivity contribution in [2.75, 3.05) is 13.2 Å². The van der Waals surface area contributed by atoms with Gasteiger partial charge in [-0.25, -0.2) is 4.98 Å². The summed E-state index contributed by atoms with van der Waals surface area (Å²) >= 11 is 9.54. The quantitative estimate of drug-likeness (QED) is 0.782. The van der Waals surface area contributed by atoms with Crippen LogP contribution in [0.2, 0.25) is 0 Å². The van der Waals surface area contributed by atoms with Crippen molar-refractivity contribution in [1.82, 2.24) is 9.55 Å². The van der Waals surface area contributed by atoms with E-state index in [0.29, 0.717) is 11.9 Å². The molecule has 0 spiro atoms. The van der Waals surface area contributed by atoms with Gasteiger partial charge in [0, 0.05) is 11.1 Å². The molecule has 0 N–H and O–H groups in total. The zero-order chi connectivity index (χ0) is 12.5. The third kappa shape index (κ3) is 2.17. The number of imidazole rings is 1. The van der Waals surface area contributed by atoms with Gasteiger partial charge in [0.2, 0.25) is 0 Å². The first kappa shape index (κ1) is 12.5. The minimum absolute atomic E-state index is 0.354. The van der Waals surface area contributed by atoms with Gasteiger partial charge < -0.3 is 9.30 Å². The summed E-state index contributed by atoms with van der Waals surface area (Å²) in [6.45, 7) is 1.62. The second-order valence-corrected chi connectivity index (χ2v) is 5.72. The van der Waals surface area contributed by atoms with Crippen molar-refractivity contribution in [3.05, 3.63) is 28.5 Å². The minimum atomic E-state index is 0.354. The number of rotatable bonds is 2. The zero-order valence-electron chi connectivity index (χ0n) is 9.90. The average molecular weight is 330 g/mol. The van der Waals surface area contributed by atoms with Gasteiger partial charge in [0.1, 0.15) is 5.82 Å². The van der Waals surface area contributed by atoms with E-state index >= 15 is 0 Å². The van der Waals surface area contributed by atoms with Crippen molar-refractivity contribution in [2.24, 2.45) is 0 Å². The fourth-order valence-corrected chi connectivity index (χ4v) is 3.08. The molecular formula is C13H14BrClN2O. The SMILES string of the molecule is ClCc1nc2ccc(Br)cc2n1C1CCCOC1. The fourth-order valence-electron chi connectivity index (χ4n) is 2.55. The topological polar surface area (TPSA) is 27.1 Å². The maximum atomic E-state index is 6.03. The maximum Gasteiger partial charge on any atom is 0.125 e. The largest absolute Gasteiger partial charge is 0.379 e. The molecule has 5 heteroatoms. The Bertz CT molecular complexity index is 563. The van der Waals surface area contributed by atoms with E-state index in [-0.39, 0.29) is 0 Å². The molecule has 1 aromatic heterocycles. The highest BCUT2D eigenvalue weighted by molar-refractivity contribution is 9.10. The minimum Gasteiger partial charge on any atom is -0.379 e. The second-order valence-electron chi connectivity index (χ2n) is 4.54. The summed E-state index contributed by atoms with van der Waals surface area (Å²) in [7, 11) is 0. The van der Waals surface area contributed by atoms with E-state index in [1.54, 1.807) is 0 Å². The summed E-state index contributed by atoms with van der Waals surface area (Å²) < 4.78 is 8.89. The standard InChI is InChI=1S/C13H14BrClN2O/c14-9-3-4-11-12(6-9)17(13(7-15)16-11)10-2-1-5-18-8-10/h3-4,6,10H,1-2,5,7-8H2. The Morgan fingerprint density at radius 2 is 2.39 bits per heavy atom. The molecule has 2 aromatic rings. The highest BCUT2D eigenvalue weighted by Crippen LogP contribution is 2.29. The maximum absolute atomic E-state index is 6.03. The highest BCUT2D eigenvalue weighted by Gasteiger charge is 2.21. The lowest BCUT2D eigenvalue weighted by Gasteiger charge is -2.25. The smallest absolute Gasteiger partial charge is 0.125 e. The van der Waals surface area contributed by atoms with Crippen LogP contribution in [0.15, 0.2) is 22.7 Å². The summed E-state index contributed by atoms with van der Waals surface area (Å²) in [6.07, 6.45) is 2.22. The van der Waals surface area contributed by atoms with Crippen LogP contribution in [0.1, 0.15) is 24.7 Å². The lowest BCUT2D eigenvalue weighted by molar-refractivity contribution is 0.0597. The first-order chi connectivity index (χ1) is 8.79. The molecule has 1 atom stereocenters. The number of alkyl halides is 1. The summed E-state index contributed by atoms with van der Waals surface area (Å²) in [5, 5.41) is 0. The van der Waals surface area contributed by atoms with E-state index in [9.17, 15) is 0 Å². The van der Waals surface area contributed by atoms with Crippen LogP contribution in [0.4, 0.5) is 0 Å². The predicted molar refractivity (Wildman–Crippen MR) is 76.1 cm³/mol. The van der Waals surface area contributed by atoms with Gasteiger partial charge in [-0.2, -0.15) is 0 Å². The summed E-state index contributed by atoms with van der Waals surface area (Å²) in [5.41, 5.74) is 2.13. The Kier molecular flexibility index (Phi) is 3.59. The second kappa shape index (κ2) is 5.19. The first-order valence-electron chi connectivity index (χ1n) is 6.09. The molecule has 0 radical (unpaired) electrons. The Morgan fingerprint density at radius 1 is 1.50 bits per heavy atom. The summed E-state index contributed by atoms with van der Waals surface area (Å²) in [4.78, 5) is 4.60. The van der Waals surface area contributed by atoms with E-state index in [2.05, 4.69) is 31.5 Å². The predicted octanol–water partition coefficient (Wildman–Crippen LogP) is 3.89. The van der Waals surface area contributed by atoms with Crippen LogP contribution < -0.4 is 0 Å². The first-order valence-corrected chi connectivity index (χ1v) is 7.42. The monoisotopic (exact) mass is 328 g/mol. The molecule has 3 nitrogen and oxygen atoms in total. The van der Waals surface area contributed by atoms with Gasteiger partial charge in [-0.3, -0.25) is 0 Å². The van der Waals surface area contributed by atoms with Crippen molar-refractivity contribution in [3.63, 3.8) is 0 Å². The molecule has 0 bridgehead atoms. The normalized spacial score (nSPS) is 20.4. The molecule has 18 heavy (non-hydrogen) atoms. The third-order valence-electron chi connectivity index (χ3n) is 3.35. The lowest BCUT2D eigenvalue weighted by atomic mass is 10.1. The van der Waals surface area contributed by atoms with E-state index < -0.39 is 0 Å². The molecule has 1 aliphatic rings. The van der Waals surface area contributed by atoms with Crippen LogP contribution in [-0.2, 0) is 10.6 Å². The number of aromatic nitrogens is 2. The Hall–Kier alpha value is -0.580. The molecule has 1 unspecified atom stereocenters. The molecule has 0 amide bonds. The van der Waals surface area contributed by atoms with Gasteiger partial charge in [-0.15, -0.1) is 11.6 Å². The van der Waals surface area contributed by atoms with Crippen LogP contribution in [0, 0.1) is 0 Å². The molecule has 0 saturated carbocycles. The molecule has 2 heterocycles. The molecule has 3 rings (SSSR count). The van der Waals surface area contributed by atoms with Gasteiger partial charge in [-0.1, -0.05) is 15.9 Å². The number of hydrogen-bond donors (Lipinski definition) is 0. The van der Waals surface area contributed by atoms with Crippen LogP contribution in [0.5, 0.6) is 0 Å². The molecule has 1 saturated heterocycles. The van der Waals surface area contributed by atoms with Crippen molar-refractivity contribution >= 4 is 38.6 Å². The number of hydrogen-bond acceptors (Lipinski definition) is 2. The Labute approximate surface area is 119 Å². The molecular weight excluding hydrogens is 316 g/mol. The van der Waals surface area contributed by atoms with Gasteiger partial charge in [0.15, 0.2) is 0 Å². The van der Waals surface area contributed by atoms with Crippen LogP contribution in [-0.4, -0.2) is 22.8 Å². The zero-order valence-corrected chi connectivity index (χ0v) is 12.2. The van der Waals surface area contributed by atoms with E-state index in [1.807, 2.05) is 12.1 Å².